The van der Waals surface area contributed by atoms with Crippen LogP contribution in [-0.4, -0.2) is 23.0 Å². The number of rotatable bonds is 6. The van der Waals surface area contributed by atoms with Gasteiger partial charge < -0.3 is 14.8 Å². The monoisotopic (exact) mass is 301 g/mol. The minimum atomic E-state index is -1.07. The van der Waals surface area contributed by atoms with E-state index in [0.717, 1.165) is 10.9 Å². The summed E-state index contributed by atoms with van der Waals surface area (Å²) in [7, 11) is 0. The Morgan fingerprint density at radius 3 is 2.73 bits per heavy atom. The number of nitrogens with one attached hydrogen (secondary N) is 1. The molecule has 0 radical (unpaired) electrons. The van der Waals surface area contributed by atoms with Gasteiger partial charge in [-0.15, -0.1) is 6.58 Å². The first-order valence-electron chi connectivity index (χ1n) is 7.09. The van der Waals surface area contributed by atoms with E-state index in [1.807, 2.05) is 25.1 Å². The number of amides is 1. The number of aryl methyl sites for hydroxylation is 2. The van der Waals surface area contributed by atoms with Gasteiger partial charge in [-0.1, -0.05) is 24.3 Å². The van der Waals surface area contributed by atoms with Crippen molar-refractivity contribution in [3.8, 4) is 0 Å². The van der Waals surface area contributed by atoms with Crippen LogP contribution in [0.5, 0.6) is 0 Å². The van der Waals surface area contributed by atoms with Crippen molar-refractivity contribution in [3.63, 3.8) is 0 Å². The van der Waals surface area contributed by atoms with Crippen LogP contribution in [0, 0.1) is 13.8 Å². The van der Waals surface area contributed by atoms with E-state index in [9.17, 15) is 9.59 Å². The first kappa shape index (κ1) is 15.8. The van der Waals surface area contributed by atoms with Gasteiger partial charge in [0.2, 0.25) is 0 Å². The van der Waals surface area contributed by atoms with Crippen molar-refractivity contribution in [1.29, 1.82) is 0 Å². The van der Waals surface area contributed by atoms with E-state index >= 15 is 0 Å². The van der Waals surface area contributed by atoms with Crippen molar-refractivity contribution in [1.82, 2.24) is 5.32 Å². The molecule has 1 atom stereocenters. The molecule has 0 saturated heterocycles. The number of hydrogen-bond donors (Lipinski definition) is 2. The molecule has 1 aromatic heterocycles. The van der Waals surface area contributed by atoms with Crippen molar-refractivity contribution in [2.45, 2.75) is 32.7 Å². The van der Waals surface area contributed by atoms with Gasteiger partial charge in [-0.2, -0.15) is 0 Å². The molecule has 116 valence electrons. The van der Waals surface area contributed by atoms with E-state index in [1.54, 1.807) is 13.0 Å². The Morgan fingerprint density at radius 2 is 2.14 bits per heavy atom. The molecule has 0 aliphatic heterocycles. The first-order chi connectivity index (χ1) is 10.5. The lowest BCUT2D eigenvalue weighted by Crippen LogP contribution is -2.40. The number of carbonyl (C=O) groups is 2. The Balaban J connectivity index is 2.29. The lowest BCUT2D eigenvalue weighted by atomic mass is 10.1. The normalized spacial score (nSPS) is 12.1. The molecule has 2 rings (SSSR count). The summed E-state index contributed by atoms with van der Waals surface area (Å²) in [6.45, 7) is 7.25. The van der Waals surface area contributed by atoms with Crippen LogP contribution >= 0.6 is 0 Å². The fourth-order valence-corrected chi connectivity index (χ4v) is 2.37. The van der Waals surface area contributed by atoms with Crippen molar-refractivity contribution in [3.05, 3.63) is 47.7 Å². The maximum absolute atomic E-state index is 12.3. The Morgan fingerprint density at radius 1 is 1.41 bits per heavy atom. The van der Waals surface area contributed by atoms with Gasteiger partial charge in [0.05, 0.1) is 0 Å². The van der Waals surface area contributed by atoms with E-state index in [2.05, 4.69) is 11.9 Å². The van der Waals surface area contributed by atoms with E-state index in [0.29, 0.717) is 24.0 Å². The maximum atomic E-state index is 12.3. The zero-order chi connectivity index (χ0) is 16.3. The molecule has 1 amide bonds. The molecule has 22 heavy (non-hydrogen) atoms. The number of furan rings is 1. The summed E-state index contributed by atoms with van der Waals surface area (Å²) >= 11 is 0. The van der Waals surface area contributed by atoms with E-state index in [1.165, 1.54) is 0 Å². The molecule has 0 aliphatic carbocycles. The lowest BCUT2D eigenvalue weighted by Gasteiger charge is -2.12. The zero-order valence-corrected chi connectivity index (χ0v) is 12.7. The molecule has 0 spiro atoms. The van der Waals surface area contributed by atoms with Crippen LogP contribution in [0.3, 0.4) is 0 Å². The fourth-order valence-electron chi connectivity index (χ4n) is 2.37. The second-order valence-electron chi connectivity index (χ2n) is 5.24. The third-order valence-electron chi connectivity index (χ3n) is 3.63. The van der Waals surface area contributed by atoms with Gasteiger partial charge in [0.15, 0.2) is 5.76 Å². The molecule has 0 bridgehead atoms. The van der Waals surface area contributed by atoms with Crippen LogP contribution in [-0.2, 0) is 4.79 Å². The van der Waals surface area contributed by atoms with E-state index in [4.69, 9.17) is 9.52 Å². The van der Waals surface area contributed by atoms with Crippen LogP contribution in [0.4, 0.5) is 0 Å². The minimum absolute atomic E-state index is 0.161. The van der Waals surface area contributed by atoms with Gasteiger partial charge in [-0.3, -0.25) is 4.79 Å². The van der Waals surface area contributed by atoms with Crippen LogP contribution in [0.15, 0.2) is 35.3 Å². The summed E-state index contributed by atoms with van der Waals surface area (Å²) in [4.78, 5) is 23.5. The molecule has 0 saturated carbocycles. The summed E-state index contributed by atoms with van der Waals surface area (Å²) in [5.41, 5.74) is 2.30. The van der Waals surface area contributed by atoms with Gasteiger partial charge >= 0.3 is 5.97 Å². The Bertz CT molecular complexity index is 730. The first-order valence-corrected chi connectivity index (χ1v) is 7.09. The smallest absolute Gasteiger partial charge is 0.326 e. The predicted octanol–water partition coefficient (Wildman–Crippen LogP) is 3.20. The summed E-state index contributed by atoms with van der Waals surface area (Å²) in [6.07, 6.45) is 2.43. The molecule has 2 aromatic rings. The molecule has 5 nitrogen and oxygen atoms in total. The number of fused-ring (bicyclic) bond motifs is 1. The van der Waals surface area contributed by atoms with Crippen LogP contribution in [0.25, 0.3) is 11.0 Å². The van der Waals surface area contributed by atoms with E-state index < -0.39 is 17.9 Å². The van der Waals surface area contributed by atoms with Crippen LogP contribution < -0.4 is 5.32 Å². The zero-order valence-electron chi connectivity index (χ0n) is 12.7. The highest BCUT2D eigenvalue weighted by Gasteiger charge is 2.24. The van der Waals surface area contributed by atoms with E-state index in [-0.39, 0.29) is 5.76 Å². The van der Waals surface area contributed by atoms with Gasteiger partial charge in [-0.05, 0) is 32.3 Å². The summed E-state index contributed by atoms with van der Waals surface area (Å²) in [5, 5.41) is 12.5. The standard InChI is InChI=1S/C17H19NO4/c1-4-5-9-13(17(20)21)18-16(19)15-11(3)12-8-6-7-10(2)14(12)22-15/h4,6-8,13H,1,5,9H2,2-3H3,(H,18,19)(H,20,21). The van der Waals surface area contributed by atoms with Gasteiger partial charge in [0.1, 0.15) is 11.6 Å². The maximum Gasteiger partial charge on any atom is 0.326 e. The number of aliphatic carboxylic acids is 1. The van der Waals surface area contributed by atoms with Crippen molar-refractivity contribution in [2.24, 2.45) is 0 Å². The number of allylic oxidation sites excluding steroid dienone is 1. The lowest BCUT2D eigenvalue weighted by molar-refractivity contribution is -0.139. The molecule has 1 heterocycles. The summed E-state index contributed by atoms with van der Waals surface area (Å²) in [5.74, 6) is -1.42. The number of para-hydroxylation sites is 1. The summed E-state index contributed by atoms with van der Waals surface area (Å²) in [6, 6.07) is 4.71. The summed E-state index contributed by atoms with van der Waals surface area (Å²) < 4.78 is 5.65. The number of benzene rings is 1. The molecular formula is C17H19NO4. The third-order valence-corrected chi connectivity index (χ3v) is 3.63. The molecule has 1 aromatic carbocycles. The molecular weight excluding hydrogens is 282 g/mol. The average molecular weight is 301 g/mol. The SMILES string of the molecule is C=CCCC(NC(=O)c1oc2c(C)cccc2c1C)C(=O)O. The molecule has 0 aliphatic rings. The van der Waals surface area contributed by atoms with Gasteiger partial charge in [0.25, 0.3) is 5.91 Å². The average Bonchev–Trinajstić information content (AvgIpc) is 2.82. The largest absolute Gasteiger partial charge is 0.480 e. The van der Waals surface area contributed by atoms with Crippen LogP contribution in [0.1, 0.15) is 34.5 Å². The second kappa shape index (κ2) is 6.47. The Kier molecular flexibility index (Phi) is 4.65. The highest BCUT2D eigenvalue weighted by atomic mass is 16.4. The highest BCUT2D eigenvalue weighted by molar-refractivity contribution is 6.00. The topological polar surface area (TPSA) is 79.5 Å². The van der Waals surface area contributed by atoms with Crippen molar-refractivity contribution >= 4 is 22.8 Å². The third kappa shape index (κ3) is 3.03. The van der Waals surface area contributed by atoms with Gasteiger partial charge in [-0.25, -0.2) is 4.79 Å². The highest BCUT2D eigenvalue weighted by Crippen LogP contribution is 2.27. The fraction of sp³-hybridized carbons (Fsp3) is 0.294. The number of carbonyl (C=O) groups excluding carboxylic acids is 1. The quantitative estimate of drug-likeness (QED) is 0.803. The van der Waals surface area contributed by atoms with Gasteiger partial charge in [0, 0.05) is 10.9 Å². The Labute approximate surface area is 128 Å². The molecule has 2 N–H and O–H groups in total. The van der Waals surface area contributed by atoms with Crippen molar-refractivity contribution < 1.29 is 19.1 Å². The molecule has 1 unspecified atom stereocenters. The molecule has 5 heteroatoms. The Hall–Kier alpha value is -2.56. The molecule has 0 fully saturated rings. The number of hydrogen-bond acceptors (Lipinski definition) is 3. The van der Waals surface area contributed by atoms with Crippen LogP contribution in [0.2, 0.25) is 0 Å². The second-order valence-corrected chi connectivity index (χ2v) is 5.24. The number of carboxylic acids is 1. The minimum Gasteiger partial charge on any atom is -0.480 e. The van der Waals surface area contributed by atoms with Crippen molar-refractivity contribution in [2.75, 3.05) is 0 Å². The predicted molar refractivity (Wildman–Crippen MR) is 84.0 cm³/mol. The number of carboxylic acid groups (broad SMARTS) is 1.